The van der Waals surface area contributed by atoms with Crippen molar-refractivity contribution in [2.45, 2.75) is 56.7 Å². The normalized spacial score (nSPS) is 12.0. The SMILES string of the molecule is FC(F)(Cl)C=CCCCCCCCCCOc1ccc(Cl)cc1. The van der Waals surface area contributed by atoms with E-state index in [1.807, 2.05) is 24.3 Å². The monoisotopic (exact) mass is 364 g/mol. The van der Waals surface area contributed by atoms with Gasteiger partial charge in [-0.25, -0.2) is 0 Å². The van der Waals surface area contributed by atoms with Crippen molar-refractivity contribution in [3.05, 3.63) is 41.4 Å². The molecule has 0 aliphatic rings. The van der Waals surface area contributed by atoms with Gasteiger partial charge in [-0.3, -0.25) is 0 Å². The molecule has 23 heavy (non-hydrogen) atoms. The quantitative estimate of drug-likeness (QED) is 0.216. The fourth-order valence-corrected chi connectivity index (χ4v) is 2.40. The summed E-state index contributed by atoms with van der Waals surface area (Å²) in [5.74, 6) is 0.852. The van der Waals surface area contributed by atoms with Crippen LogP contribution in [0.3, 0.4) is 0 Å². The van der Waals surface area contributed by atoms with Crippen LogP contribution in [-0.4, -0.2) is 12.0 Å². The van der Waals surface area contributed by atoms with E-state index >= 15 is 0 Å². The Bertz CT molecular complexity index is 441. The van der Waals surface area contributed by atoms with Gasteiger partial charge in [0.15, 0.2) is 0 Å². The molecule has 0 fully saturated rings. The molecule has 0 aliphatic carbocycles. The maximum atomic E-state index is 12.3. The summed E-state index contributed by atoms with van der Waals surface area (Å²) in [6.07, 6.45) is 10.6. The smallest absolute Gasteiger partial charge is 0.341 e. The molecule has 5 heteroatoms. The van der Waals surface area contributed by atoms with E-state index in [4.69, 9.17) is 27.9 Å². The highest BCUT2D eigenvalue weighted by Crippen LogP contribution is 2.20. The summed E-state index contributed by atoms with van der Waals surface area (Å²) in [4.78, 5) is 0. The molecular formula is C18H24Cl2F2O. The summed E-state index contributed by atoms with van der Waals surface area (Å²) in [5, 5.41) is -2.49. The number of ether oxygens (including phenoxy) is 1. The third-order valence-electron chi connectivity index (χ3n) is 3.40. The molecule has 130 valence electrons. The average molecular weight is 365 g/mol. The summed E-state index contributed by atoms with van der Waals surface area (Å²) >= 11 is 10.6. The van der Waals surface area contributed by atoms with E-state index < -0.39 is 5.38 Å². The Morgan fingerprint density at radius 3 is 2.09 bits per heavy atom. The van der Waals surface area contributed by atoms with Crippen molar-refractivity contribution in [2.75, 3.05) is 6.61 Å². The Balaban J connectivity index is 1.86. The molecule has 0 amide bonds. The van der Waals surface area contributed by atoms with Gasteiger partial charge in [0.25, 0.3) is 0 Å². The zero-order valence-electron chi connectivity index (χ0n) is 13.2. The van der Waals surface area contributed by atoms with Gasteiger partial charge in [0.1, 0.15) is 5.75 Å². The van der Waals surface area contributed by atoms with Crippen molar-refractivity contribution in [1.82, 2.24) is 0 Å². The van der Waals surface area contributed by atoms with Crippen LogP contribution in [-0.2, 0) is 0 Å². The second kappa shape index (κ2) is 11.7. The number of hydrogen-bond donors (Lipinski definition) is 0. The van der Waals surface area contributed by atoms with E-state index in [-0.39, 0.29) is 0 Å². The molecule has 0 heterocycles. The highest BCUT2D eigenvalue weighted by molar-refractivity contribution is 6.30. The maximum Gasteiger partial charge on any atom is 0.341 e. The van der Waals surface area contributed by atoms with Gasteiger partial charge in [-0.2, -0.15) is 8.78 Å². The molecule has 1 aromatic rings. The number of hydrogen-bond acceptors (Lipinski definition) is 1. The molecule has 0 radical (unpaired) electrons. The Labute approximate surface area is 147 Å². The lowest BCUT2D eigenvalue weighted by Crippen LogP contribution is -1.98. The van der Waals surface area contributed by atoms with Gasteiger partial charge in [0, 0.05) is 5.02 Å². The number of rotatable bonds is 12. The number of alkyl halides is 3. The molecule has 0 bridgehead atoms. The van der Waals surface area contributed by atoms with Crippen molar-refractivity contribution in [3.63, 3.8) is 0 Å². The Morgan fingerprint density at radius 2 is 1.48 bits per heavy atom. The summed E-state index contributed by atoms with van der Waals surface area (Å²) in [6.45, 7) is 0.721. The van der Waals surface area contributed by atoms with Crippen LogP contribution in [0.15, 0.2) is 36.4 Å². The lowest BCUT2D eigenvalue weighted by Gasteiger charge is -2.06. The van der Waals surface area contributed by atoms with Crippen LogP contribution in [0.4, 0.5) is 8.78 Å². The van der Waals surface area contributed by atoms with Crippen LogP contribution in [0.1, 0.15) is 51.4 Å². The topological polar surface area (TPSA) is 9.23 Å². The summed E-state index contributed by atoms with van der Waals surface area (Å²) in [7, 11) is 0. The van der Waals surface area contributed by atoms with Gasteiger partial charge < -0.3 is 4.74 Å². The number of halogens is 4. The Hall–Kier alpha value is -0.800. The van der Waals surface area contributed by atoms with E-state index in [9.17, 15) is 8.78 Å². The summed E-state index contributed by atoms with van der Waals surface area (Å²) in [6, 6.07) is 7.38. The molecule has 0 saturated carbocycles. The van der Waals surface area contributed by atoms with Crippen LogP contribution < -0.4 is 4.74 Å². The molecule has 1 rings (SSSR count). The van der Waals surface area contributed by atoms with E-state index in [1.54, 1.807) is 0 Å². The van der Waals surface area contributed by atoms with Crippen molar-refractivity contribution in [3.8, 4) is 5.75 Å². The van der Waals surface area contributed by atoms with E-state index in [0.29, 0.717) is 11.4 Å². The largest absolute Gasteiger partial charge is 0.494 e. The summed E-state index contributed by atoms with van der Waals surface area (Å²) < 4.78 is 30.2. The third-order valence-corrected chi connectivity index (χ3v) is 3.78. The number of allylic oxidation sites excluding steroid dienone is 2. The zero-order valence-corrected chi connectivity index (χ0v) is 14.8. The minimum absolute atomic E-state index is 0.664. The van der Waals surface area contributed by atoms with Crippen molar-refractivity contribution in [2.24, 2.45) is 0 Å². The van der Waals surface area contributed by atoms with Crippen molar-refractivity contribution >= 4 is 23.2 Å². The minimum atomic E-state index is -3.20. The molecule has 0 unspecified atom stereocenters. The second-order valence-electron chi connectivity index (χ2n) is 5.51. The Kier molecular flexibility index (Phi) is 10.3. The van der Waals surface area contributed by atoms with Gasteiger partial charge in [0.2, 0.25) is 0 Å². The zero-order chi connectivity index (χ0) is 17.0. The lowest BCUT2D eigenvalue weighted by molar-refractivity contribution is 0.152. The first-order chi connectivity index (χ1) is 11.0. The van der Waals surface area contributed by atoms with Gasteiger partial charge in [-0.15, -0.1) is 0 Å². The maximum absolute atomic E-state index is 12.3. The van der Waals surface area contributed by atoms with Crippen LogP contribution >= 0.6 is 23.2 Å². The van der Waals surface area contributed by atoms with Crippen molar-refractivity contribution < 1.29 is 13.5 Å². The summed E-state index contributed by atoms with van der Waals surface area (Å²) in [5.41, 5.74) is 0. The fourth-order valence-electron chi connectivity index (χ4n) is 2.19. The van der Waals surface area contributed by atoms with E-state index in [0.717, 1.165) is 50.5 Å². The van der Waals surface area contributed by atoms with Crippen LogP contribution in [0.2, 0.25) is 5.02 Å². The Morgan fingerprint density at radius 1 is 0.913 bits per heavy atom. The predicted molar refractivity (Wildman–Crippen MR) is 93.8 cm³/mol. The lowest BCUT2D eigenvalue weighted by atomic mass is 10.1. The molecular weight excluding hydrogens is 341 g/mol. The first-order valence-electron chi connectivity index (χ1n) is 8.10. The highest BCUT2D eigenvalue weighted by atomic mass is 35.5. The molecule has 0 aromatic heterocycles. The minimum Gasteiger partial charge on any atom is -0.494 e. The van der Waals surface area contributed by atoms with Gasteiger partial charge in [0.05, 0.1) is 6.61 Å². The van der Waals surface area contributed by atoms with E-state index in [1.165, 1.54) is 18.9 Å². The van der Waals surface area contributed by atoms with E-state index in [2.05, 4.69) is 0 Å². The molecule has 0 aliphatic heterocycles. The average Bonchev–Trinajstić information content (AvgIpc) is 2.49. The van der Waals surface area contributed by atoms with Gasteiger partial charge in [-0.1, -0.05) is 49.8 Å². The van der Waals surface area contributed by atoms with Crippen molar-refractivity contribution in [1.29, 1.82) is 0 Å². The van der Waals surface area contributed by atoms with Crippen LogP contribution in [0.25, 0.3) is 0 Å². The fraction of sp³-hybridized carbons (Fsp3) is 0.556. The molecule has 0 saturated heterocycles. The standard InChI is InChI=1S/C18H24Cl2F2O/c19-16-10-12-17(13-11-16)23-15-9-7-5-3-1-2-4-6-8-14-18(20,21)22/h8,10-14H,1-7,9,15H2. The third kappa shape index (κ3) is 12.3. The predicted octanol–water partition coefficient (Wildman–Crippen LogP) is 7.23. The second-order valence-corrected chi connectivity index (χ2v) is 6.45. The molecule has 1 nitrogen and oxygen atoms in total. The first kappa shape index (κ1) is 20.2. The molecule has 0 N–H and O–H groups in total. The molecule has 0 spiro atoms. The molecule has 1 aromatic carbocycles. The molecule has 0 atom stereocenters. The number of benzene rings is 1. The van der Waals surface area contributed by atoms with Gasteiger partial charge >= 0.3 is 5.38 Å². The van der Waals surface area contributed by atoms with Crippen LogP contribution in [0.5, 0.6) is 5.75 Å². The highest BCUT2D eigenvalue weighted by Gasteiger charge is 2.18. The number of unbranched alkanes of at least 4 members (excludes halogenated alkanes) is 7. The van der Waals surface area contributed by atoms with Gasteiger partial charge in [-0.05, 0) is 61.2 Å². The van der Waals surface area contributed by atoms with Crippen LogP contribution in [0, 0.1) is 0 Å². The first-order valence-corrected chi connectivity index (χ1v) is 8.86.